The van der Waals surface area contributed by atoms with E-state index in [0.29, 0.717) is 5.75 Å². The van der Waals surface area contributed by atoms with Crippen LogP contribution >= 0.6 is 15.9 Å². The molecule has 0 aliphatic heterocycles. The first-order valence-corrected chi connectivity index (χ1v) is 5.89. The van der Waals surface area contributed by atoms with Gasteiger partial charge in [-0.3, -0.25) is 15.1 Å². The molecule has 1 heterocycles. The fourth-order valence-electron chi connectivity index (χ4n) is 1.40. The van der Waals surface area contributed by atoms with Crippen molar-refractivity contribution in [3.8, 4) is 11.5 Å². The minimum atomic E-state index is -0.523. The zero-order valence-electron chi connectivity index (χ0n) is 9.46. The summed E-state index contributed by atoms with van der Waals surface area (Å²) in [6.45, 7) is 1.95. The van der Waals surface area contributed by atoms with Crippen LogP contribution in [0.25, 0.3) is 0 Å². The molecule has 0 aliphatic rings. The molecule has 0 unspecified atom stereocenters. The van der Waals surface area contributed by atoms with E-state index in [1.54, 1.807) is 6.07 Å². The third kappa shape index (κ3) is 2.65. The molecule has 0 saturated heterocycles. The van der Waals surface area contributed by atoms with Gasteiger partial charge in [0.15, 0.2) is 0 Å². The van der Waals surface area contributed by atoms with Crippen LogP contribution in [0.1, 0.15) is 5.56 Å². The zero-order chi connectivity index (χ0) is 13.1. The summed E-state index contributed by atoms with van der Waals surface area (Å²) in [7, 11) is 0. The van der Waals surface area contributed by atoms with E-state index in [1.807, 2.05) is 19.1 Å². The summed E-state index contributed by atoms with van der Waals surface area (Å²) in [6.07, 6.45) is 2.61. The molecule has 5 nitrogen and oxygen atoms in total. The van der Waals surface area contributed by atoms with Crippen LogP contribution in [0, 0.1) is 17.0 Å². The van der Waals surface area contributed by atoms with Crippen molar-refractivity contribution in [3.63, 3.8) is 0 Å². The number of aryl methyl sites for hydroxylation is 1. The van der Waals surface area contributed by atoms with Crippen molar-refractivity contribution >= 4 is 21.6 Å². The summed E-state index contributed by atoms with van der Waals surface area (Å²) in [5, 5.41) is 10.8. The molecule has 0 spiro atoms. The van der Waals surface area contributed by atoms with Gasteiger partial charge in [-0.05, 0) is 40.5 Å². The summed E-state index contributed by atoms with van der Waals surface area (Å²) < 4.78 is 6.27. The van der Waals surface area contributed by atoms with Crippen LogP contribution in [0.4, 0.5) is 5.69 Å². The number of benzene rings is 1. The van der Waals surface area contributed by atoms with Crippen molar-refractivity contribution in [2.45, 2.75) is 6.92 Å². The van der Waals surface area contributed by atoms with Gasteiger partial charge in [-0.1, -0.05) is 6.07 Å². The van der Waals surface area contributed by atoms with Crippen LogP contribution < -0.4 is 4.74 Å². The molecule has 0 aliphatic carbocycles. The number of hydrogen-bond donors (Lipinski definition) is 0. The average Bonchev–Trinajstić information content (AvgIpc) is 2.33. The van der Waals surface area contributed by atoms with E-state index in [9.17, 15) is 10.1 Å². The highest BCUT2D eigenvalue weighted by Gasteiger charge is 2.16. The van der Waals surface area contributed by atoms with Gasteiger partial charge in [-0.25, -0.2) is 0 Å². The smallest absolute Gasteiger partial charge is 0.329 e. The molecule has 1 aromatic carbocycles. The molecule has 0 radical (unpaired) electrons. The second kappa shape index (κ2) is 5.14. The molecule has 0 bridgehead atoms. The Kier molecular flexibility index (Phi) is 3.57. The highest BCUT2D eigenvalue weighted by molar-refractivity contribution is 9.10. The van der Waals surface area contributed by atoms with Gasteiger partial charge >= 0.3 is 5.69 Å². The quantitative estimate of drug-likeness (QED) is 0.638. The van der Waals surface area contributed by atoms with Gasteiger partial charge in [-0.15, -0.1) is 0 Å². The summed E-state index contributed by atoms with van der Waals surface area (Å²) in [6, 6.07) is 6.96. The maximum atomic E-state index is 10.8. The van der Waals surface area contributed by atoms with E-state index in [0.717, 1.165) is 16.2 Å². The highest BCUT2D eigenvalue weighted by Crippen LogP contribution is 2.34. The second-order valence-electron chi connectivity index (χ2n) is 3.64. The molecule has 0 N–H and O–H groups in total. The predicted octanol–water partition coefficient (Wildman–Crippen LogP) is 3.85. The van der Waals surface area contributed by atoms with Gasteiger partial charge in [0.25, 0.3) is 0 Å². The summed E-state index contributed by atoms with van der Waals surface area (Å²) >= 11 is 3.36. The van der Waals surface area contributed by atoms with Crippen molar-refractivity contribution in [2.75, 3.05) is 0 Å². The average molecular weight is 309 g/mol. The normalized spacial score (nSPS) is 10.1. The van der Waals surface area contributed by atoms with Crippen molar-refractivity contribution in [2.24, 2.45) is 0 Å². The first kappa shape index (κ1) is 12.5. The van der Waals surface area contributed by atoms with Crippen molar-refractivity contribution < 1.29 is 9.66 Å². The lowest BCUT2D eigenvalue weighted by Gasteiger charge is -2.08. The lowest BCUT2D eigenvalue weighted by molar-refractivity contribution is -0.386. The Morgan fingerprint density at radius 3 is 2.78 bits per heavy atom. The Morgan fingerprint density at radius 2 is 2.11 bits per heavy atom. The van der Waals surface area contributed by atoms with E-state index in [4.69, 9.17) is 4.74 Å². The van der Waals surface area contributed by atoms with Gasteiger partial charge in [0.1, 0.15) is 11.9 Å². The van der Waals surface area contributed by atoms with Crippen LogP contribution in [-0.2, 0) is 0 Å². The van der Waals surface area contributed by atoms with Crippen molar-refractivity contribution in [1.29, 1.82) is 0 Å². The van der Waals surface area contributed by atoms with Crippen molar-refractivity contribution in [3.05, 3.63) is 56.8 Å². The SMILES string of the molecule is Cc1ccc(Oc2ccncc2[N+](=O)[O-])c(Br)c1. The molecule has 1 aromatic heterocycles. The van der Waals surface area contributed by atoms with Crippen LogP contribution in [0.15, 0.2) is 41.1 Å². The Morgan fingerprint density at radius 1 is 1.33 bits per heavy atom. The van der Waals surface area contributed by atoms with Crippen LogP contribution in [-0.4, -0.2) is 9.91 Å². The first-order valence-electron chi connectivity index (χ1n) is 5.10. The Hall–Kier alpha value is -1.95. The van der Waals surface area contributed by atoms with Crippen LogP contribution in [0.3, 0.4) is 0 Å². The molecule has 0 atom stereocenters. The first-order chi connectivity index (χ1) is 8.58. The Labute approximate surface area is 112 Å². The Balaban J connectivity index is 2.37. The van der Waals surface area contributed by atoms with Gasteiger partial charge < -0.3 is 4.74 Å². The van der Waals surface area contributed by atoms with Gasteiger partial charge in [-0.2, -0.15) is 0 Å². The standard InChI is InChI=1S/C12H9BrN2O3/c1-8-2-3-11(9(13)6-8)18-12-4-5-14-7-10(12)15(16)17/h2-7H,1H3. The molecule has 6 heteroatoms. The monoisotopic (exact) mass is 308 g/mol. The highest BCUT2D eigenvalue weighted by atomic mass is 79.9. The van der Waals surface area contributed by atoms with E-state index < -0.39 is 4.92 Å². The molecule has 18 heavy (non-hydrogen) atoms. The molecule has 92 valence electrons. The molecular weight excluding hydrogens is 300 g/mol. The lowest BCUT2D eigenvalue weighted by Crippen LogP contribution is -1.94. The number of pyridine rings is 1. The summed E-state index contributed by atoms with van der Waals surface area (Å²) in [5.41, 5.74) is 0.906. The molecule has 0 amide bonds. The van der Waals surface area contributed by atoms with Crippen molar-refractivity contribution in [1.82, 2.24) is 4.98 Å². The van der Waals surface area contributed by atoms with E-state index in [-0.39, 0.29) is 11.4 Å². The number of halogens is 1. The number of rotatable bonds is 3. The number of aromatic nitrogens is 1. The summed E-state index contributed by atoms with van der Waals surface area (Å²) in [4.78, 5) is 14.0. The minimum absolute atomic E-state index is 0.162. The van der Waals surface area contributed by atoms with Gasteiger partial charge in [0, 0.05) is 12.3 Å². The Bertz CT molecular complexity index is 602. The maximum absolute atomic E-state index is 10.8. The number of hydrogen-bond acceptors (Lipinski definition) is 4. The number of nitro groups is 1. The maximum Gasteiger partial charge on any atom is 0.329 e. The number of nitrogens with zero attached hydrogens (tertiary/aromatic N) is 2. The lowest BCUT2D eigenvalue weighted by atomic mass is 10.2. The van der Waals surface area contributed by atoms with Crippen LogP contribution in [0.5, 0.6) is 11.5 Å². The van der Waals surface area contributed by atoms with Crippen LogP contribution in [0.2, 0.25) is 0 Å². The predicted molar refractivity (Wildman–Crippen MR) is 69.8 cm³/mol. The molecule has 2 aromatic rings. The minimum Gasteiger partial charge on any atom is -0.449 e. The third-order valence-corrected chi connectivity index (χ3v) is 2.88. The van der Waals surface area contributed by atoms with E-state index >= 15 is 0 Å². The topological polar surface area (TPSA) is 65.3 Å². The van der Waals surface area contributed by atoms with E-state index in [2.05, 4.69) is 20.9 Å². The number of ether oxygens (including phenoxy) is 1. The fraction of sp³-hybridized carbons (Fsp3) is 0.0833. The third-order valence-electron chi connectivity index (χ3n) is 2.27. The second-order valence-corrected chi connectivity index (χ2v) is 4.49. The fourth-order valence-corrected chi connectivity index (χ4v) is 1.98. The largest absolute Gasteiger partial charge is 0.449 e. The molecule has 0 fully saturated rings. The molecule has 0 saturated carbocycles. The summed E-state index contributed by atoms with van der Waals surface area (Å²) in [5.74, 6) is 0.689. The zero-order valence-corrected chi connectivity index (χ0v) is 11.0. The van der Waals surface area contributed by atoms with Gasteiger partial charge in [0.05, 0.1) is 9.40 Å². The van der Waals surface area contributed by atoms with Gasteiger partial charge in [0.2, 0.25) is 5.75 Å². The molecular formula is C12H9BrN2O3. The van der Waals surface area contributed by atoms with E-state index in [1.165, 1.54) is 12.3 Å². The molecule has 2 rings (SSSR count).